The average molecular weight is 531 g/mol. The fourth-order valence-corrected chi connectivity index (χ4v) is 5.11. The van der Waals surface area contributed by atoms with Crippen LogP contribution in [0.15, 0.2) is 0 Å². The third-order valence-electron chi connectivity index (χ3n) is 7.84. The number of unbranched alkanes of at least 4 members (excludes halogenated alkanes) is 17. The van der Waals surface area contributed by atoms with E-state index in [4.69, 9.17) is 0 Å². The summed E-state index contributed by atoms with van der Waals surface area (Å²) in [5.41, 5.74) is -2.51. The number of rotatable bonds is 27. The molecule has 7 nitrogen and oxygen atoms in total. The van der Waals surface area contributed by atoms with E-state index in [1.165, 1.54) is 77.6 Å². The van der Waals surface area contributed by atoms with Gasteiger partial charge in [-0.2, -0.15) is 0 Å². The minimum atomic E-state index is -2.61. The van der Waals surface area contributed by atoms with Crippen LogP contribution >= 0.6 is 0 Å². The molecule has 0 fully saturated rings. The molecule has 2 unspecified atom stereocenters. The lowest BCUT2D eigenvalue weighted by atomic mass is 9.85. The molecule has 0 heterocycles. The largest absolute Gasteiger partial charge is 0.481 e. The van der Waals surface area contributed by atoms with E-state index in [9.17, 15) is 35.1 Å². The number of hydrogen-bond donors (Lipinski definition) is 5. The van der Waals surface area contributed by atoms with E-state index in [2.05, 4.69) is 6.92 Å². The van der Waals surface area contributed by atoms with Gasteiger partial charge in [-0.15, -0.1) is 0 Å². The summed E-state index contributed by atoms with van der Waals surface area (Å²) >= 11 is 0. The predicted octanol–water partition coefficient (Wildman–Crippen LogP) is 7.20. The van der Waals surface area contributed by atoms with Gasteiger partial charge in [-0.1, -0.05) is 129 Å². The smallest absolute Gasteiger partial charge is 0.341 e. The maximum atomic E-state index is 11.3. The van der Waals surface area contributed by atoms with Crippen LogP contribution in [0.4, 0.5) is 0 Å². The van der Waals surface area contributed by atoms with Gasteiger partial charge in [0.05, 0.1) is 5.92 Å². The molecule has 0 aliphatic carbocycles. The van der Waals surface area contributed by atoms with Crippen molar-refractivity contribution < 1.29 is 35.1 Å². The minimum absolute atomic E-state index is 0.144. The molecule has 0 rings (SSSR count). The molecule has 0 radical (unpaired) electrons. The zero-order valence-electron chi connectivity index (χ0n) is 23.9. The van der Waals surface area contributed by atoms with Crippen molar-refractivity contribution in [3.8, 4) is 0 Å². The van der Waals surface area contributed by atoms with Crippen molar-refractivity contribution in [1.29, 1.82) is 0 Å². The number of carbonyl (C=O) groups is 2. The molecular formula is C30H58O7. The Labute approximate surface area is 226 Å². The zero-order valence-corrected chi connectivity index (χ0v) is 23.9. The van der Waals surface area contributed by atoms with Crippen LogP contribution in [0.3, 0.4) is 0 Å². The molecule has 2 atom stereocenters. The molecule has 0 saturated carbocycles. The Morgan fingerprint density at radius 3 is 1.22 bits per heavy atom. The van der Waals surface area contributed by atoms with E-state index in [0.29, 0.717) is 6.42 Å². The van der Waals surface area contributed by atoms with Crippen LogP contribution in [0, 0.1) is 5.92 Å². The fourth-order valence-electron chi connectivity index (χ4n) is 5.11. The first-order chi connectivity index (χ1) is 17.6. The SMILES string of the molecule is CCCC(CCCCCCCCCCCCCCCCCCCCC(O)(C(=O)O)C(O)(O)CC)C(=O)O. The van der Waals surface area contributed by atoms with Gasteiger partial charge in [0.1, 0.15) is 0 Å². The maximum Gasteiger partial charge on any atom is 0.341 e. The molecule has 0 bridgehead atoms. The summed E-state index contributed by atoms with van der Waals surface area (Å²) in [5.74, 6) is -4.96. The molecule has 0 aromatic heterocycles. The highest BCUT2D eigenvalue weighted by atomic mass is 16.5. The highest BCUT2D eigenvalue weighted by Crippen LogP contribution is 2.29. The van der Waals surface area contributed by atoms with Crippen LogP contribution in [0.1, 0.15) is 162 Å². The topological polar surface area (TPSA) is 135 Å². The first kappa shape index (κ1) is 35.8. The highest BCUT2D eigenvalue weighted by Gasteiger charge is 2.52. The Hall–Kier alpha value is -1.18. The van der Waals surface area contributed by atoms with Crippen LogP contribution in [0.25, 0.3) is 0 Å². The number of carboxylic acid groups (broad SMARTS) is 2. The summed E-state index contributed by atoms with van der Waals surface area (Å²) < 4.78 is 0. The van der Waals surface area contributed by atoms with Crippen molar-refractivity contribution >= 4 is 11.9 Å². The quantitative estimate of drug-likeness (QED) is 0.0560. The van der Waals surface area contributed by atoms with E-state index in [1.807, 2.05) is 0 Å². The Balaban J connectivity index is 3.46. The summed E-state index contributed by atoms with van der Waals surface area (Å²) in [7, 11) is 0. The van der Waals surface area contributed by atoms with Crippen LogP contribution < -0.4 is 0 Å². The second kappa shape index (κ2) is 21.7. The third kappa shape index (κ3) is 16.4. The van der Waals surface area contributed by atoms with Gasteiger partial charge in [-0.05, 0) is 25.7 Å². The predicted molar refractivity (Wildman–Crippen MR) is 148 cm³/mol. The molecule has 0 amide bonds. The van der Waals surface area contributed by atoms with Crippen molar-refractivity contribution in [2.24, 2.45) is 5.92 Å². The van der Waals surface area contributed by atoms with E-state index >= 15 is 0 Å². The molecule has 0 aliphatic rings. The van der Waals surface area contributed by atoms with E-state index in [-0.39, 0.29) is 18.8 Å². The molecule has 0 aliphatic heterocycles. The molecule has 0 spiro atoms. The summed E-state index contributed by atoms with van der Waals surface area (Å²) in [4.78, 5) is 22.5. The minimum Gasteiger partial charge on any atom is -0.481 e. The highest BCUT2D eigenvalue weighted by molar-refractivity contribution is 5.78. The zero-order chi connectivity index (χ0) is 28.0. The Morgan fingerprint density at radius 2 is 0.919 bits per heavy atom. The molecule has 5 N–H and O–H groups in total. The molecule has 0 aromatic rings. The van der Waals surface area contributed by atoms with E-state index in [1.54, 1.807) is 0 Å². The van der Waals surface area contributed by atoms with Crippen LogP contribution in [-0.2, 0) is 9.59 Å². The van der Waals surface area contributed by atoms with Gasteiger partial charge in [0, 0.05) is 6.42 Å². The van der Waals surface area contributed by atoms with Crippen LogP contribution in [-0.4, -0.2) is 48.9 Å². The number of carboxylic acids is 2. The molecule has 37 heavy (non-hydrogen) atoms. The van der Waals surface area contributed by atoms with Crippen molar-refractivity contribution in [2.75, 3.05) is 0 Å². The van der Waals surface area contributed by atoms with Gasteiger partial charge in [-0.25, -0.2) is 4.79 Å². The van der Waals surface area contributed by atoms with Crippen molar-refractivity contribution in [3.05, 3.63) is 0 Å². The summed E-state index contributed by atoms with van der Waals surface area (Å²) in [6, 6.07) is 0. The Morgan fingerprint density at radius 1 is 0.568 bits per heavy atom. The fraction of sp³-hybridized carbons (Fsp3) is 0.933. The molecule has 7 heteroatoms. The number of aliphatic carboxylic acids is 2. The van der Waals surface area contributed by atoms with E-state index in [0.717, 1.165) is 57.8 Å². The Kier molecular flexibility index (Phi) is 21.0. The van der Waals surface area contributed by atoms with Crippen molar-refractivity contribution in [2.45, 2.75) is 173 Å². The lowest BCUT2D eigenvalue weighted by molar-refractivity contribution is -0.276. The van der Waals surface area contributed by atoms with Gasteiger partial charge in [0.2, 0.25) is 11.4 Å². The molecule has 220 valence electrons. The normalized spacial score (nSPS) is 14.4. The van der Waals surface area contributed by atoms with E-state index < -0.39 is 23.3 Å². The average Bonchev–Trinajstić information content (AvgIpc) is 2.86. The summed E-state index contributed by atoms with van der Waals surface area (Å²) in [6.07, 6.45) is 23.0. The maximum absolute atomic E-state index is 11.3. The lowest BCUT2D eigenvalue weighted by Gasteiger charge is -2.35. The lowest BCUT2D eigenvalue weighted by Crippen LogP contribution is -2.59. The van der Waals surface area contributed by atoms with Crippen LogP contribution in [0.2, 0.25) is 0 Å². The summed E-state index contributed by atoms with van der Waals surface area (Å²) in [5, 5.41) is 48.2. The van der Waals surface area contributed by atoms with Gasteiger partial charge >= 0.3 is 11.9 Å². The summed E-state index contributed by atoms with van der Waals surface area (Å²) in [6.45, 7) is 3.49. The standard InChI is InChI=1S/C30H58O7/c1-3-23-26(27(31)32)24-21-19-17-15-13-11-9-7-5-6-8-10-12-14-16-18-20-22-25-29(35,28(33)34)30(36,37)4-2/h26,35-37H,3-25H2,1-2H3,(H,31,32)(H,33,34). The number of aliphatic hydroxyl groups is 3. The van der Waals surface area contributed by atoms with Gasteiger partial charge in [0.15, 0.2) is 0 Å². The molecule has 0 aromatic carbocycles. The third-order valence-corrected chi connectivity index (χ3v) is 7.84. The number of hydrogen-bond acceptors (Lipinski definition) is 5. The second-order valence-electron chi connectivity index (χ2n) is 11.1. The van der Waals surface area contributed by atoms with Gasteiger partial charge < -0.3 is 25.5 Å². The first-order valence-corrected chi connectivity index (χ1v) is 15.3. The van der Waals surface area contributed by atoms with Crippen molar-refractivity contribution in [3.63, 3.8) is 0 Å². The van der Waals surface area contributed by atoms with Crippen molar-refractivity contribution in [1.82, 2.24) is 0 Å². The van der Waals surface area contributed by atoms with Crippen LogP contribution in [0.5, 0.6) is 0 Å². The molecule has 0 saturated heterocycles. The first-order valence-electron chi connectivity index (χ1n) is 15.3. The second-order valence-corrected chi connectivity index (χ2v) is 11.1. The monoisotopic (exact) mass is 530 g/mol. The van der Waals surface area contributed by atoms with Gasteiger partial charge in [0.25, 0.3) is 0 Å². The van der Waals surface area contributed by atoms with Gasteiger partial charge in [-0.3, -0.25) is 4.79 Å². The Bertz CT molecular complexity index is 578. The molecular weight excluding hydrogens is 472 g/mol.